The van der Waals surface area contributed by atoms with Gasteiger partial charge in [-0.25, -0.2) is 4.39 Å². The number of alkyl halides is 1. The Hall–Kier alpha value is -1.87. The largest absolute Gasteiger partial charge is 0.351 e. The van der Waals surface area contributed by atoms with Crippen LogP contribution < -0.4 is 16.8 Å². The molecule has 0 spiro atoms. The second-order valence-corrected chi connectivity index (χ2v) is 13.0. The molecule has 1 saturated heterocycles. The van der Waals surface area contributed by atoms with Crippen LogP contribution in [0.5, 0.6) is 0 Å². The molecule has 8 nitrogen and oxygen atoms in total. The van der Waals surface area contributed by atoms with Gasteiger partial charge in [0.05, 0.1) is 30.7 Å². The lowest BCUT2D eigenvalue weighted by atomic mass is 9.69. The fourth-order valence-electron chi connectivity index (χ4n) is 7.57. The molecule has 3 aliphatic rings. The van der Waals surface area contributed by atoms with Crippen molar-refractivity contribution in [2.24, 2.45) is 44.6 Å². The highest BCUT2D eigenvalue weighted by atomic mass is 19.1. The van der Waals surface area contributed by atoms with Crippen molar-refractivity contribution in [2.45, 2.75) is 136 Å². The highest BCUT2D eigenvalue weighted by molar-refractivity contribution is 5.86. The van der Waals surface area contributed by atoms with E-state index in [1.54, 1.807) is 6.92 Å². The fourth-order valence-corrected chi connectivity index (χ4v) is 7.57. The van der Waals surface area contributed by atoms with Crippen LogP contribution >= 0.6 is 0 Å². The van der Waals surface area contributed by atoms with Gasteiger partial charge in [0.1, 0.15) is 6.17 Å². The number of likely N-dealkylation sites (tertiary alicyclic amines) is 1. The van der Waals surface area contributed by atoms with Crippen LogP contribution in [0.2, 0.25) is 0 Å². The standard InChI is InChI=1S/C32H57FN6O2/c1-5-8-9-10-25-18-26(23-12-16-39(17-13-23)22(4)40)28(21-36-25)38-31(41)29(30(34)35)27-19-32(7-3,14-6-2)15-11-24(33)20-37-27/h20,23-24,26-30H,5-19,21,34-35H2,1-4H3,(H,38,41)/b37-20-. The van der Waals surface area contributed by atoms with Crippen molar-refractivity contribution < 1.29 is 14.0 Å². The maximum absolute atomic E-state index is 14.7. The van der Waals surface area contributed by atoms with E-state index in [2.05, 4.69) is 31.1 Å². The van der Waals surface area contributed by atoms with Gasteiger partial charge in [-0.2, -0.15) is 0 Å². The molecular weight excluding hydrogens is 519 g/mol. The number of nitrogens with one attached hydrogen (secondary N) is 1. The van der Waals surface area contributed by atoms with Crippen molar-refractivity contribution >= 4 is 23.7 Å². The van der Waals surface area contributed by atoms with Gasteiger partial charge in [-0.1, -0.05) is 46.5 Å². The molecule has 0 aromatic rings. The molecule has 0 radical (unpaired) electrons. The number of nitrogens with zero attached hydrogens (tertiary/aromatic N) is 3. The Morgan fingerprint density at radius 2 is 1.88 bits per heavy atom. The number of nitrogens with two attached hydrogens (primary N) is 2. The summed E-state index contributed by atoms with van der Waals surface area (Å²) in [5.74, 6) is -0.153. The molecule has 3 heterocycles. The van der Waals surface area contributed by atoms with Crippen LogP contribution in [0.3, 0.4) is 0 Å². The summed E-state index contributed by atoms with van der Waals surface area (Å²) in [4.78, 5) is 37.4. The number of amides is 2. The Bertz CT molecular complexity index is 903. The second-order valence-electron chi connectivity index (χ2n) is 13.0. The molecule has 0 aromatic heterocycles. The van der Waals surface area contributed by atoms with Gasteiger partial charge in [-0.05, 0) is 75.0 Å². The van der Waals surface area contributed by atoms with Crippen LogP contribution in [-0.4, -0.2) is 72.7 Å². The van der Waals surface area contributed by atoms with Crippen molar-refractivity contribution in [3.05, 3.63) is 0 Å². The first-order valence-electron chi connectivity index (χ1n) is 16.4. The lowest BCUT2D eigenvalue weighted by Crippen LogP contribution is -2.57. The number of piperidine rings is 1. The zero-order valence-corrected chi connectivity index (χ0v) is 26.1. The Morgan fingerprint density at radius 1 is 1.15 bits per heavy atom. The van der Waals surface area contributed by atoms with Crippen molar-refractivity contribution in [1.82, 2.24) is 10.2 Å². The minimum atomic E-state index is -1.12. The third-order valence-electron chi connectivity index (χ3n) is 10.2. The average molecular weight is 577 g/mol. The predicted molar refractivity (Wildman–Crippen MR) is 166 cm³/mol. The molecule has 0 bridgehead atoms. The topological polar surface area (TPSA) is 126 Å². The minimum absolute atomic E-state index is 0.0787. The van der Waals surface area contributed by atoms with Crippen molar-refractivity contribution in [3.8, 4) is 0 Å². The molecule has 9 heteroatoms. The molecule has 5 N–H and O–H groups in total. The van der Waals surface area contributed by atoms with Crippen LogP contribution in [0.15, 0.2) is 9.98 Å². The monoisotopic (exact) mass is 576 g/mol. The summed E-state index contributed by atoms with van der Waals surface area (Å²) in [7, 11) is 0. The number of unbranched alkanes of at least 4 members (excludes halogenated alkanes) is 2. The summed E-state index contributed by atoms with van der Waals surface area (Å²) in [6.45, 7) is 10.2. The minimum Gasteiger partial charge on any atom is -0.351 e. The van der Waals surface area contributed by atoms with Crippen molar-refractivity contribution in [1.29, 1.82) is 0 Å². The van der Waals surface area contributed by atoms with Crippen molar-refractivity contribution in [2.75, 3.05) is 19.6 Å². The SMILES string of the molecule is CCCCCC1=NCC(NC(=O)C(C(N)N)C2CC(CC)(CCC)CCC(F)/C=N\2)C(C2CCN(C(C)=O)CC2)C1. The normalized spacial score (nSPS) is 31.2. The Morgan fingerprint density at radius 3 is 2.49 bits per heavy atom. The summed E-state index contributed by atoms with van der Waals surface area (Å²) in [5, 5.41) is 3.34. The third kappa shape index (κ3) is 9.31. The summed E-state index contributed by atoms with van der Waals surface area (Å²) >= 11 is 0. The first kappa shape index (κ1) is 33.6. The molecule has 41 heavy (non-hydrogen) atoms. The quantitative estimate of drug-likeness (QED) is 0.228. The van der Waals surface area contributed by atoms with E-state index in [9.17, 15) is 14.0 Å². The molecule has 234 valence electrons. The molecular formula is C32H57FN6O2. The van der Waals surface area contributed by atoms with Gasteiger partial charge in [0.15, 0.2) is 0 Å². The first-order chi connectivity index (χ1) is 19.6. The molecule has 0 saturated carbocycles. The van der Waals surface area contributed by atoms with E-state index in [0.717, 1.165) is 70.9 Å². The lowest BCUT2D eigenvalue weighted by Gasteiger charge is -2.42. The smallest absolute Gasteiger partial charge is 0.228 e. The second kappa shape index (κ2) is 16.1. The highest BCUT2D eigenvalue weighted by Crippen LogP contribution is 2.42. The zero-order valence-electron chi connectivity index (χ0n) is 26.1. The summed E-state index contributed by atoms with van der Waals surface area (Å²) in [5.41, 5.74) is 13.8. The van der Waals surface area contributed by atoms with E-state index < -0.39 is 24.3 Å². The van der Waals surface area contributed by atoms with Crippen molar-refractivity contribution in [3.63, 3.8) is 0 Å². The van der Waals surface area contributed by atoms with E-state index in [-0.39, 0.29) is 29.2 Å². The van der Waals surface area contributed by atoms with E-state index in [4.69, 9.17) is 16.5 Å². The number of aliphatic imine (C=N–C) groups is 2. The molecule has 6 atom stereocenters. The predicted octanol–water partition coefficient (Wildman–Crippen LogP) is 4.79. The Balaban J connectivity index is 1.81. The number of hydrogen-bond acceptors (Lipinski definition) is 6. The van der Waals surface area contributed by atoms with E-state index in [1.807, 2.05) is 4.90 Å². The highest BCUT2D eigenvalue weighted by Gasteiger charge is 2.42. The molecule has 6 unspecified atom stereocenters. The number of carbonyl (C=O) groups is 2. The zero-order chi connectivity index (χ0) is 30.0. The first-order valence-corrected chi connectivity index (χ1v) is 16.4. The van der Waals surface area contributed by atoms with Gasteiger partial charge in [0.25, 0.3) is 0 Å². The van der Waals surface area contributed by atoms with Gasteiger partial charge in [0.2, 0.25) is 11.8 Å². The molecule has 3 aliphatic heterocycles. The number of carbonyl (C=O) groups excluding carboxylic acids is 2. The van der Waals surface area contributed by atoms with Crippen LogP contribution in [0.25, 0.3) is 0 Å². The van der Waals surface area contributed by atoms with Crippen LogP contribution in [0, 0.1) is 23.2 Å². The molecule has 1 fully saturated rings. The van der Waals surface area contributed by atoms with Gasteiger partial charge in [-0.3, -0.25) is 19.6 Å². The van der Waals surface area contributed by atoms with Crippen LogP contribution in [0.4, 0.5) is 4.39 Å². The molecule has 0 aromatic carbocycles. The fraction of sp³-hybridized carbons (Fsp3) is 0.875. The Kier molecular flexibility index (Phi) is 13.2. The van der Waals surface area contributed by atoms with Gasteiger partial charge < -0.3 is 21.7 Å². The van der Waals surface area contributed by atoms with Crippen LogP contribution in [0.1, 0.15) is 111 Å². The molecule has 3 rings (SSSR count). The van der Waals surface area contributed by atoms with E-state index in [0.29, 0.717) is 25.3 Å². The summed E-state index contributed by atoms with van der Waals surface area (Å²) in [6.07, 6.45) is 11.4. The lowest BCUT2D eigenvalue weighted by molar-refractivity contribution is -0.130. The third-order valence-corrected chi connectivity index (χ3v) is 10.2. The van der Waals surface area contributed by atoms with E-state index >= 15 is 0 Å². The maximum atomic E-state index is 14.7. The average Bonchev–Trinajstić information content (AvgIpc) is 2.94. The maximum Gasteiger partial charge on any atom is 0.228 e. The van der Waals surface area contributed by atoms with Gasteiger partial charge in [-0.15, -0.1) is 0 Å². The summed E-state index contributed by atoms with van der Waals surface area (Å²) in [6, 6.07) is -0.584. The summed E-state index contributed by atoms with van der Waals surface area (Å²) < 4.78 is 14.7. The van der Waals surface area contributed by atoms with E-state index in [1.165, 1.54) is 24.8 Å². The molecule has 0 aliphatic carbocycles. The van der Waals surface area contributed by atoms with Gasteiger partial charge >= 0.3 is 0 Å². The number of hydrogen-bond donors (Lipinski definition) is 3. The number of halogens is 1. The molecule has 2 amide bonds. The number of rotatable bonds is 12. The Labute approximate surface area is 247 Å². The van der Waals surface area contributed by atoms with Gasteiger partial charge in [0, 0.05) is 31.9 Å². The van der Waals surface area contributed by atoms with Crippen LogP contribution in [-0.2, 0) is 9.59 Å².